The molecule has 0 radical (unpaired) electrons. The number of pyridine rings is 1. The molecule has 7 nitrogen and oxygen atoms in total. The van der Waals surface area contributed by atoms with Crippen molar-refractivity contribution in [2.75, 3.05) is 32.1 Å². The first-order valence-corrected chi connectivity index (χ1v) is 10.2. The van der Waals surface area contributed by atoms with Crippen LogP contribution in [0.5, 0.6) is 5.75 Å². The number of benzene rings is 1. The van der Waals surface area contributed by atoms with E-state index >= 15 is 4.39 Å². The van der Waals surface area contributed by atoms with Gasteiger partial charge in [-0.3, -0.25) is 4.79 Å². The fourth-order valence-electron chi connectivity index (χ4n) is 4.77. The molecule has 1 saturated carbocycles. The lowest BCUT2D eigenvalue weighted by Crippen LogP contribution is -2.38. The Morgan fingerprint density at radius 3 is 2.53 bits per heavy atom. The summed E-state index contributed by atoms with van der Waals surface area (Å²) in [6.07, 6.45) is 3.15. The Labute approximate surface area is 174 Å². The van der Waals surface area contributed by atoms with Gasteiger partial charge in [-0.15, -0.1) is 0 Å². The van der Waals surface area contributed by atoms with Crippen LogP contribution < -0.4 is 20.4 Å². The minimum Gasteiger partial charge on any atom is -0.492 e. The third-order valence-corrected chi connectivity index (χ3v) is 6.56. The summed E-state index contributed by atoms with van der Waals surface area (Å²) in [5.41, 5.74) is -0.123. The summed E-state index contributed by atoms with van der Waals surface area (Å²) in [6, 6.07) is 0.246. The highest BCUT2D eigenvalue weighted by Crippen LogP contribution is 2.47. The second-order valence-corrected chi connectivity index (χ2v) is 9.07. The monoisotopic (exact) mass is 417 g/mol. The van der Waals surface area contributed by atoms with Crippen molar-refractivity contribution in [2.24, 2.45) is 5.41 Å². The number of carboxylic acid groups (broad SMARTS) is 1. The first-order chi connectivity index (χ1) is 14.1. The van der Waals surface area contributed by atoms with Gasteiger partial charge in [-0.05, 0) is 32.2 Å². The number of carbonyl (C=O) groups is 1. The van der Waals surface area contributed by atoms with Crippen LogP contribution in [0.4, 0.5) is 10.1 Å². The number of ether oxygens (including phenoxy) is 1. The van der Waals surface area contributed by atoms with Gasteiger partial charge >= 0.3 is 5.97 Å². The molecule has 2 aromatic rings. The summed E-state index contributed by atoms with van der Waals surface area (Å²) in [5, 5.41) is 12.9. The molecule has 2 fully saturated rings. The zero-order chi connectivity index (χ0) is 22.0. The number of likely N-dealkylation sites (N-methyl/N-ethyl adjacent to an activating group) is 1. The van der Waals surface area contributed by atoms with Crippen LogP contribution in [0, 0.1) is 18.2 Å². The number of methoxy groups -OCH3 is 1. The van der Waals surface area contributed by atoms with Crippen LogP contribution in [0.15, 0.2) is 11.0 Å². The lowest BCUT2D eigenvalue weighted by Gasteiger charge is -2.27. The highest BCUT2D eigenvalue weighted by Gasteiger charge is 2.41. The first kappa shape index (κ1) is 20.7. The van der Waals surface area contributed by atoms with Gasteiger partial charge in [0.25, 0.3) is 0 Å². The molecule has 4 rings (SSSR count). The number of aromatic carboxylic acids is 1. The molecule has 2 N–H and O–H groups in total. The Morgan fingerprint density at radius 1 is 1.37 bits per heavy atom. The largest absolute Gasteiger partial charge is 0.492 e. The first-order valence-electron chi connectivity index (χ1n) is 10.2. The Morgan fingerprint density at radius 2 is 2.03 bits per heavy atom. The summed E-state index contributed by atoms with van der Waals surface area (Å²) in [7, 11) is 3.37. The highest BCUT2D eigenvalue weighted by atomic mass is 19.1. The van der Waals surface area contributed by atoms with Crippen molar-refractivity contribution in [2.45, 2.75) is 45.7 Å². The maximum atomic E-state index is 15.7. The molecule has 0 spiro atoms. The topological polar surface area (TPSA) is 83.8 Å². The van der Waals surface area contributed by atoms with Gasteiger partial charge in [0.1, 0.15) is 11.3 Å². The van der Waals surface area contributed by atoms with Crippen molar-refractivity contribution in [3.8, 4) is 5.75 Å². The van der Waals surface area contributed by atoms with E-state index in [1.165, 1.54) is 13.3 Å². The van der Waals surface area contributed by atoms with Gasteiger partial charge in [0, 0.05) is 36.9 Å². The summed E-state index contributed by atoms with van der Waals surface area (Å²) >= 11 is 0. The van der Waals surface area contributed by atoms with E-state index in [9.17, 15) is 14.7 Å². The summed E-state index contributed by atoms with van der Waals surface area (Å²) in [4.78, 5) is 26.6. The fraction of sp³-hybridized carbons (Fsp3) is 0.545. The molecule has 0 bridgehead atoms. The van der Waals surface area contributed by atoms with E-state index in [2.05, 4.69) is 19.2 Å². The van der Waals surface area contributed by atoms with Crippen molar-refractivity contribution < 1.29 is 19.0 Å². The summed E-state index contributed by atoms with van der Waals surface area (Å²) < 4.78 is 23.2. The van der Waals surface area contributed by atoms with Crippen molar-refractivity contribution >= 4 is 22.6 Å². The third-order valence-electron chi connectivity index (χ3n) is 6.56. The third kappa shape index (κ3) is 2.96. The molecule has 1 aliphatic heterocycles. The Hall–Kier alpha value is -2.61. The zero-order valence-corrected chi connectivity index (χ0v) is 18.0. The molecule has 0 amide bonds. The van der Waals surface area contributed by atoms with E-state index in [-0.39, 0.29) is 34.0 Å². The normalized spacial score (nSPS) is 20.7. The predicted molar refractivity (Wildman–Crippen MR) is 114 cm³/mol. The molecular weight excluding hydrogens is 389 g/mol. The number of fused-ring (bicyclic) bond motifs is 1. The molecular formula is C22H28FN3O4. The average molecular weight is 417 g/mol. The summed E-state index contributed by atoms with van der Waals surface area (Å²) in [6.45, 7) is 7.03. The Balaban J connectivity index is 2.06. The van der Waals surface area contributed by atoms with Crippen molar-refractivity contribution in [1.29, 1.82) is 0 Å². The molecule has 1 aliphatic carbocycles. The molecule has 30 heavy (non-hydrogen) atoms. The van der Waals surface area contributed by atoms with Crippen LogP contribution in [0.25, 0.3) is 10.9 Å². The molecule has 8 heteroatoms. The molecule has 2 heterocycles. The Kier molecular flexibility index (Phi) is 4.80. The van der Waals surface area contributed by atoms with Gasteiger partial charge in [-0.2, -0.15) is 0 Å². The lowest BCUT2D eigenvalue weighted by molar-refractivity contribution is 0.0695. The van der Waals surface area contributed by atoms with E-state index in [1.54, 1.807) is 11.5 Å². The van der Waals surface area contributed by atoms with Crippen molar-refractivity contribution in [3.05, 3.63) is 33.4 Å². The van der Waals surface area contributed by atoms with Crippen LogP contribution >= 0.6 is 0 Å². The van der Waals surface area contributed by atoms with E-state index in [0.29, 0.717) is 30.0 Å². The van der Waals surface area contributed by atoms with Crippen LogP contribution in [-0.2, 0) is 0 Å². The number of hydrogen-bond acceptors (Lipinski definition) is 5. The fourth-order valence-corrected chi connectivity index (χ4v) is 4.77. The minimum atomic E-state index is -1.31. The number of aromatic nitrogens is 1. The molecule has 1 saturated heterocycles. The van der Waals surface area contributed by atoms with E-state index in [4.69, 9.17) is 4.74 Å². The number of carboxylic acids is 1. The van der Waals surface area contributed by atoms with Gasteiger partial charge in [-0.25, -0.2) is 9.18 Å². The second-order valence-electron chi connectivity index (χ2n) is 9.07. The van der Waals surface area contributed by atoms with Gasteiger partial charge in [0.15, 0.2) is 11.6 Å². The summed E-state index contributed by atoms with van der Waals surface area (Å²) in [5.74, 6) is -1.55. The quantitative estimate of drug-likeness (QED) is 0.778. The number of rotatable bonds is 5. The highest BCUT2D eigenvalue weighted by molar-refractivity contribution is 5.99. The minimum absolute atomic E-state index is 0.0814. The number of aryl methyl sites for hydroxylation is 1. The van der Waals surface area contributed by atoms with Gasteiger partial charge in [-0.1, -0.05) is 13.8 Å². The number of halogens is 1. The Bertz CT molecular complexity index is 1100. The molecule has 1 aromatic heterocycles. The van der Waals surface area contributed by atoms with Gasteiger partial charge in [0.05, 0.1) is 18.0 Å². The number of hydrogen-bond donors (Lipinski definition) is 2. The molecule has 162 valence electrons. The average Bonchev–Trinajstić information content (AvgIpc) is 3.47. The molecule has 1 aromatic carbocycles. The second kappa shape index (κ2) is 6.97. The standard InChI is InChI=1S/C22H28FN3O4/c1-11-15-17(26(12-6-7-12)8-13(19(15)27)21(28)29)20(30-5)18(16(11)23)25-9-14(24-4)22(2,3)10-25/h8,12,14,24H,6-7,9-10H2,1-5H3,(H,28,29)/t14-/m0/s1. The van der Waals surface area contributed by atoms with Crippen LogP contribution in [0.3, 0.4) is 0 Å². The van der Waals surface area contributed by atoms with Crippen molar-refractivity contribution in [3.63, 3.8) is 0 Å². The predicted octanol–water partition coefficient (Wildman–Crippen LogP) is 2.92. The maximum Gasteiger partial charge on any atom is 0.341 e. The van der Waals surface area contributed by atoms with E-state index in [0.717, 1.165) is 12.8 Å². The smallest absolute Gasteiger partial charge is 0.341 e. The zero-order valence-electron chi connectivity index (χ0n) is 18.0. The number of anilines is 1. The lowest BCUT2D eigenvalue weighted by atomic mass is 9.88. The maximum absolute atomic E-state index is 15.7. The number of nitrogens with one attached hydrogen (secondary N) is 1. The van der Waals surface area contributed by atoms with Crippen LogP contribution in [-0.4, -0.2) is 48.9 Å². The molecule has 1 atom stereocenters. The van der Waals surface area contributed by atoms with Crippen molar-refractivity contribution in [1.82, 2.24) is 9.88 Å². The van der Waals surface area contributed by atoms with Gasteiger partial charge in [0.2, 0.25) is 5.43 Å². The van der Waals surface area contributed by atoms with Gasteiger partial charge < -0.3 is 24.6 Å². The number of nitrogens with zero attached hydrogens (tertiary/aromatic N) is 2. The molecule has 2 aliphatic rings. The SMILES string of the molecule is CN[C@H]1CN(c2c(F)c(C)c3c(=O)c(C(=O)O)cn(C4CC4)c3c2OC)CC1(C)C. The van der Waals surface area contributed by atoms with Crippen LogP contribution in [0.1, 0.15) is 48.7 Å². The molecule has 0 unspecified atom stereocenters. The van der Waals surface area contributed by atoms with Crippen LogP contribution in [0.2, 0.25) is 0 Å². The van der Waals surface area contributed by atoms with E-state index < -0.39 is 17.2 Å². The van der Waals surface area contributed by atoms with E-state index in [1.807, 2.05) is 11.9 Å².